The first-order chi connectivity index (χ1) is 6.18. The quantitative estimate of drug-likeness (QED) is 0.635. The van der Waals surface area contributed by atoms with Crippen LogP contribution in [-0.2, 0) is 0 Å². The molecule has 0 saturated carbocycles. The van der Waals surface area contributed by atoms with Gasteiger partial charge < -0.3 is 0 Å². The number of hydrazone groups is 1. The fourth-order valence-electron chi connectivity index (χ4n) is 0.819. The molecule has 2 nitrogen and oxygen atoms in total. The number of halogens is 1. The number of benzene rings is 1. The third-order valence-electron chi connectivity index (χ3n) is 1.39. The second kappa shape index (κ2) is 5.02. The van der Waals surface area contributed by atoms with Crippen molar-refractivity contribution in [1.82, 2.24) is 0 Å². The molecule has 0 atom stereocenters. The number of rotatable bonds is 3. The first kappa shape index (κ1) is 10.3. The third kappa shape index (κ3) is 4.08. The van der Waals surface area contributed by atoms with Crippen molar-refractivity contribution in [3.05, 3.63) is 28.7 Å². The summed E-state index contributed by atoms with van der Waals surface area (Å²) < 4.78 is 1.05. The SMILES string of the molecule is CC(C)C=NNc1cccc(Br)c1. The fourth-order valence-corrected chi connectivity index (χ4v) is 1.22. The lowest BCUT2D eigenvalue weighted by molar-refractivity contribution is 0.904. The molecule has 13 heavy (non-hydrogen) atoms. The number of hydrogen-bond donors (Lipinski definition) is 1. The maximum atomic E-state index is 4.09. The molecule has 3 heteroatoms. The van der Waals surface area contributed by atoms with Crippen molar-refractivity contribution in [2.24, 2.45) is 11.0 Å². The highest BCUT2D eigenvalue weighted by atomic mass is 79.9. The molecule has 0 unspecified atom stereocenters. The standard InChI is InChI=1S/C10H13BrN2/c1-8(2)7-12-13-10-5-3-4-9(11)6-10/h3-8,13H,1-2H3. The van der Waals surface area contributed by atoms with E-state index in [-0.39, 0.29) is 0 Å². The Labute approximate surface area is 87.2 Å². The number of nitrogens with zero attached hydrogens (tertiary/aromatic N) is 1. The van der Waals surface area contributed by atoms with Crippen LogP contribution < -0.4 is 5.43 Å². The van der Waals surface area contributed by atoms with Crippen LogP contribution in [0.2, 0.25) is 0 Å². The van der Waals surface area contributed by atoms with E-state index < -0.39 is 0 Å². The summed E-state index contributed by atoms with van der Waals surface area (Å²) in [7, 11) is 0. The van der Waals surface area contributed by atoms with Crippen LogP contribution in [0.5, 0.6) is 0 Å². The maximum absolute atomic E-state index is 4.09. The van der Waals surface area contributed by atoms with E-state index in [1.165, 1.54) is 0 Å². The molecular weight excluding hydrogens is 228 g/mol. The fraction of sp³-hybridized carbons (Fsp3) is 0.300. The zero-order valence-corrected chi connectivity index (χ0v) is 9.38. The average Bonchev–Trinajstić information content (AvgIpc) is 2.03. The van der Waals surface area contributed by atoms with Gasteiger partial charge >= 0.3 is 0 Å². The number of hydrogen-bond acceptors (Lipinski definition) is 2. The van der Waals surface area contributed by atoms with Gasteiger partial charge in [0, 0.05) is 10.7 Å². The molecule has 70 valence electrons. The largest absolute Gasteiger partial charge is 0.279 e. The van der Waals surface area contributed by atoms with Crippen LogP contribution in [0.15, 0.2) is 33.8 Å². The lowest BCUT2D eigenvalue weighted by atomic mass is 10.3. The molecule has 1 rings (SSSR count). The Hall–Kier alpha value is -0.830. The van der Waals surface area contributed by atoms with Gasteiger partial charge in [0.05, 0.1) is 5.69 Å². The van der Waals surface area contributed by atoms with Gasteiger partial charge in [0.15, 0.2) is 0 Å². The first-order valence-corrected chi connectivity index (χ1v) is 5.02. The molecule has 0 radical (unpaired) electrons. The maximum Gasteiger partial charge on any atom is 0.0572 e. The zero-order chi connectivity index (χ0) is 9.68. The highest BCUT2D eigenvalue weighted by Gasteiger charge is 1.90. The molecule has 0 spiro atoms. The van der Waals surface area contributed by atoms with E-state index in [9.17, 15) is 0 Å². The minimum atomic E-state index is 0.472. The third-order valence-corrected chi connectivity index (χ3v) is 1.88. The van der Waals surface area contributed by atoms with Crippen LogP contribution in [0.1, 0.15) is 13.8 Å². The van der Waals surface area contributed by atoms with Crippen molar-refractivity contribution >= 4 is 27.8 Å². The Morgan fingerprint density at radius 3 is 2.85 bits per heavy atom. The molecule has 0 aliphatic rings. The van der Waals surface area contributed by atoms with Crippen LogP contribution in [0.3, 0.4) is 0 Å². The number of anilines is 1. The summed E-state index contributed by atoms with van der Waals surface area (Å²) in [6.07, 6.45) is 1.88. The highest BCUT2D eigenvalue weighted by Crippen LogP contribution is 2.15. The lowest BCUT2D eigenvalue weighted by Gasteiger charge is -2.00. The minimum absolute atomic E-state index is 0.472. The highest BCUT2D eigenvalue weighted by molar-refractivity contribution is 9.10. The Morgan fingerprint density at radius 2 is 2.23 bits per heavy atom. The monoisotopic (exact) mass is 240 g/mol. The molecule has 0 heterocycles. The Kier molecular flexibility index (Phi) is 3.96. The second-order valence-electron chi connectivity index (χ2n) is 3.14. The van der Waals surface area contributed by atoms with Crippen molar-refractivity contribution in [3.63, 3.8) is 0 Å². The second-order valence-corrected chi connectivity index (χ2v) is 4.06. The van der Waals surface area contributed by atoms with E-state index in [1.807, 2.05) is 30.5 Å². The average molecular weight is 241 g/mol. The Balaban J connectivity index is 2.55. The van der Waals surface area contributed by atoms with E-state index in [2.05, 4.69) is 40.3 Å². The summed E-state index contributed by atoms with van der Waals surface area (Å²) in [5.41, 5.74) is 3.95. The minimum Gasteiger partial charge on any atom is -0.279 e. The van der Waals surface area contributed by atoms with Crippen molar-refractivity contribution in [3.8, 4) is 0 Å². The topological polar surface area (TPSA) is 24.4 Å². The molecule has 0 bridgehead atoms. The van der Waals surface area contributed by atoms with Gasteiger partial charge in [0.1, 0.15) is 0 Å². The van der Waals surface area contributed by atoms with Crippen molar-refractivity contribution < 1.29 is 0 Å². The first-order valence-electron chi connectivity index (χ1n) is 4.23. The zero-order valence-electron chi connectivity index (χ0n) is 7.79. The van der Waals surface area contributed by atoms with Crippen molar-refractivity contribution in [2.45, 2.75) is 13.8 Å². The molecule has 1 aromatic carbocycles. The van der Waals surface area contributed by atoms with Crippen LogP contribution in [-0.4, -0.2) is 6.21 Å². The van der Waals surface area contributed by atoms with E-state index in [1.54, 1.807) is 0 Å². The van der Waals surface area contributed by atoms with Crippen molar-refractivity contribution in [1.29, 1.82) is 0 Å². The van der Waals surface area contributed by atoms with Gasteiger partial charge in [-0.1, -0.05) is 35.8 Å². The summed E-state index contributed by atoms with van der Waals surface area (Å²) in [6, 6.07) is 7.91. The van der Waals surface area contributed by atoms with Gasteiger partial charge in [-0.3, -0.25) is 5.43 Å². The molecule has 0 saturated heterocycles. The van der Waals surface area contributed by atoms with Gasteiger partial charge in [-0.2, -0.15) is 5.10 Å². The van der Waals surface area contributed by atoms with Gasteiger partial charge in [0.2, 0.25) is 0 Å². The van der Waals surface area contributed by atoms with Gasteiger partial charge in [0.25, 0.3) is 0 Å². The molecule has 0 amide bonds. The summed E-state index contributed by atoms with van der Waals surface area (Å²) >= 11 is 3.39. The Bertz CT molecular complexity index is 295. The van der Waals surface area contributed by atoms with Gasteiger partial charge in [-0.05, 0) is 24.1 Å². The smallest absolute Gasteiger partial charge is 0.0572 e. The van der Waals surface area contributed by atoms with Crippen LogP contribution in [0, 0.1) is 5.92 Å². The van der Waals surface area contributed by atoms with E-state index in [0.717, 1.165) is 10.2 Å². The van der Waals surface area contributed by atoms with Crippen molar-refractivity contribution in [2.75, 3.05) is 5.43 Å². The van der Waals surface area contributed by atoms with Gasteiger partial charge in [-0.25, -0.2) is 0 Å². The van der Waals surface area contributed by atoms with Crippen LogP contribution in [0.25, 0.3) is 0 Å². The van der Waals surface area contributed by atoms with E-state index >= 15 is 0 Å². The normalized spacial score (nSPS) is 11.1. The lowest BCUT2D eigenvalue weighted by Crippen LogP contribution is -1.93. The molecule has 0 aromatic heterocycles. The summed E-state index contributed by atoms with van der Waals surface area (Å²) in [4.78, 5) is 0. The van der Waals surface area contributed by atoms with Gasteiger partial charge in [-0.15, -0.1) is 0 Å². The number of nitrogens with one attached hydrogen (secondary N) is 1. The molecule has 0 aliphatic carbocycles. The van der Waals surface area contributed by atoms with Crippen LogP contribution >= 0.6 is 15.9 Å². The molecule has 1 N–H and O–H groups in total. The summed E-state index contributed by atoms with van der Waals surface area (Å²) in [5, 5.41) is 4.09. The summed E-state index contributed by atoms with van der Waals surface area (Å²) in [5.74, 6) is 0.472. The predicted molar refractivity (Wildman–Crippen MR) is 61.1 cm³/mol. The predicted octanol–water partition coefficient (Wildman–Crippen LogP) is 3.50. The molecule has 1 aromatic rings. The molecule has 0 aliphatic heterocycles. The molecule has 0 fully saturated rings. The van der Waals surface area contributed by atoms with E-state index in [4.69, 9.17) is 0 Å². The summed E-state index contributed by atoms with van der Waals surface area (Å²) in [6.45, 7) is 4.18. The van der Waals surface area contributed by atoms with Crippen LogP contribution in [0.4, 0.5) is 5.69 Å². The van der Waals surface area contributed by atoms with E-state index in [0.29, 0.717) is 5.92 Å². The molecular formula is C10H13BrN2. The Morgan fingerprint density at radius 1 is 1.46 bits per heavy atom.